The number of pyridine rings is 1. The zero-order valence-corrected chi connectivity index (χ0v) is 13.3. The minimum absolute atomic E-state index is 0.0416. The first-order chi connectivity index (χ1) is 9.51. The summed E-state index contributed by atoms with van der Waals surface area (Å²) < 4.78 is 6.01. The standard InChI is InChI=1S/C17H28N2O/c1-16(2)7-9-17(20-4,10-8-16)15(18-3)12-14-6-5-11-19-13-14/h5-6,11,13,15,18H,7-10,12H2,1-4H3. The Bertz CT molecular complexity index is 406. The van der Waals surface area contributed by atoms with Crippen molar-refractivity contribution in [3.63, 3.8) is 0 Å². The SMILES string of the molecule is CNC(Cc1cccnc1)C1(OC)CCC(C)(C)CC1. The predicted molar refractivity (Wildman–Crippen MR) is 82.8 cm³/mol. The van der Waals surface area contributed by atoms with Crippen LogP contribution >= 0.6 is 0 Å². The molecule has 1 atom stereocenters. The number of nitrogens with one attached hydrogen (secondary N) is 1. The lowest BCUT2D eigenvalue weighted by molar-refractivity contribution is -0.0847. The zero-order valence-electron chi connectivity index (χ0n) is 13.3. The molecule has 0 amide bonds. The molecule has 1 saturated carbocycles. The zero-order chi connectivity index (χ0) is 14.6. The molecule has 1 unspecified atom stereocenters. The number of rotatable bonds is 5. The van der Waals surface area contributed by atoms with Crippen LogP contribution in [-0.4, -0.2) is 30.8 Å². The summed E-state index contributed by atoms with van der Waals surface area (Å²) >= 11 is 0. The lowest BCUT2D eigenvalue weighted by atomic mass is 9.67. The van der Waals surface area contributed by atoms with Gasteiger partial charge in [-0.15, -0.1) is 0 Å². The Kier molecular flexibility index (Phi) is 4.82. The molecular weight excluding hydrogens is 248 g/mol. The highest BCUT2D eigenvalue weighted by molar-refractivity contribution is 5.13. The van der Waals surface area contributed by atoms with E-state index in [4.69, 9.17) is 4.74 Å². The summed E-state index contributed by atoms with van der Waals surface area (Å²) in [5.41, 5.74) is 1.68. The van der Waals surface area contributed by atoms with Crippen molar-refractivity contribution in [2.75, 3.05) is 14.2 Å². The molecule has 0 aromatic carbocycles. The van der Waals surface area contributed by atoms with Crippen LogP contribution in [0.4, 0.5) is 0 Å². The molecular formula is C17H28N2O. The van der Waals surface area contributed by atoms with Crippen molar-refractivity contribution in [2.24, 2.45) is 5.41 Å². The van der Waals surface area contributed by atoms with E-state index in [1.165, 1.54) is 18.4 Å². The van der Waals surface area contributed by atoms with Crippen LogP contribution in [0, 0.1) is 5.41 Å². The number of hydrogen-bond donors (Lipinski definition) is 1. The lowest BCUT2D eigenvalue weighted by Gasteiger charge is -2.47. The van der Waals surface area contributed by atoms with Crippen molar-refractivity contribution in [1.29, 1.82) is 0 Å². The number of hydrogen-bond acceptors (Lipinski definition) is 3. The fourth-order valence-electron chi connectivity index (χ4n) is 3.35. The van der Waals surface area contributed by atoms with E-state index in [2.05, 4.69) is 30.2 Å². The van der Waals surface area contributed by atoms with Gasteiger partial charge in [-0.25, -0.2) is 0 Å². The maximum Gasteiger partial charge on any atom is 0.0834 e. The summed E-state index contributed by atoms with van der Waals surface area (Å²) in [7, 11) is 3.91. The van der Waals surface area contributed by atoms with Gasteiger partial charge in [0, 0.05) is 25.5 Å². The maximum atomic E-state index is 6.01. The predicted octanol–water partition coefficient (Wildman–Crippen LogP) is 3.20. The third kappa shape index (κ3) is 3.39. The molecule has 1 aromatic rings. The van der Waals surface area contributed by atoms with Crippen LogP contribution in [0.1, 0.15) is 45.1 Å². The highest BCUT2D eigenvalue weighted by atomic mass is 16.5. The second-order valence-corrected chi connectivity index (χ2v) is 6.84. The number of likely N-dealkylation sites (N-methyl/N-ethyl adjacent to an activating group) is 1. The first kappa shape index (κ1) is 15.5. The average Bonchev–Trinajstić information content (AvgIpc) is 2.47. The first-order valence-corrected chi connectivity index (χ1v) is 7.63. The van der Waals surface area contributed by atoms with Crippen molar-refractivity contribution in [1.82, 2.24) is 10.3 Å². The summed E-state index contributed by atoms with van der Waals surface area (Å²) in [6.45, 7) is 4.73. The van der Waals surface area contributed by atoms with Crippen molar-refractivity contribution in [3.8, 4) is 0 Å². The number of aromatic nitrogens is 1. The van der Waals surface area contributed by atoms with E-state index in [0.717, 1.165) is 19.3 Å². The van der Waals surface area contributed by atoms with Crippen LogP contribution in [0.15, 0.2) is 24.5 Å². The van der Waals surface area contributed by atoms with E-state index in [0.29, 0.717) is 11.5 Å². The fourth-order valence-corrected chi connectivity index (χ4v) is 3.35. The Balaban J connectivity index is 2.12. The van der Waals surface area contributed by atoms with E-state index < -0.39 is 0 Å². The quantitative estimate of drug-likeness (QED) is 0.897. The lowest BCUT2D eigenvalue weighted by Crippen LogP contribution is -2.54. The van der Waals surface area contributed by atoms with Crippen molar-refractivity contribution < 1.29 is 4.74 Å². The molecule has 0 spiro atoms. The van der Waals surface area contributed by atoms with Crippen LogP contribution in [0.2, 0.25) is 0 Å². The molecule has 0 bridgehead atoms. The van der Waals surface area contributed by atoms with Gasteiger partial charge >= 0.3 is 0 Å². The van der Waals surface area contributed by atoms with Gasteiger partial charge in [0.25, 0.3) is 0 Å². The number of ether oxygens (including phenoxy) is 1. The highest BCUT2D eigenvalue weighted by Gasteiger charge is 2.43. The van der Waals surface area contributed by atoms with Crippen LogP contribution < -0.4 is 5.32 Å². The summed E-state index contributed by atoms with van der Waals surface area (Å²) in [6.07, 6.45) is 9.47. The Morgan fingerprint density at radius 3 is 2.50 bits per heavy atom. The van der Waals surface area contributed by atoms with Gasteiger partial charge in [-0.1, -0.05) is 19.9 Å². The van der Waals surface area contributed by atoms with Crippen LogP contribution in [0.3, 0.4) is 0 Å². The first-order valence-electron chi connectivity index (χ1n) is 7.63. The molecule has 1 fully saturated rings. The topological polar surface area (TPSA) is 34.2 Å². The van der Waals surface area contributed by atoms with Crippen molar-refractivity contribution in [3.05, 3.63) is 30.1 Å². The van der Waals surface area contributed by atoms with Gasteiger partial charge in [0.15, 0.2) is 0 Å². The normalized spacial score (nSPS) is 22.4. The third-order valence-electron chi connectivity index (χ3n) is 5.00. The summed E-state index contributed by atoms with van der Waals surface area (Å²) in [4.78, 5) is 4.22. The molecule has 1 aromatic heterocycles. The van der Waals surface area contributed by atoms with E-state index in [1.54, 1.807) is 0 Å². The summed E-state index contributed by atoms with van der Waals surface area (Å²) in [6, 6.07) is 4.49. The molecule has 1 aliphatic carbocycles. The number of nitrogens with zero attached hydrogens (tertiary/aromatic N) is 1. The molecule has 2 rings (SSSR count). The molecule has 112 valence electrons. The highest BCUT2D eigenvalue weighted by Crippen LogP contribution is 2.43. The Hall–Kier alpha value is -0.930. The Labute approximate surface area is 123 Å². The molecule has 0 aliphatic heterocycles. The molecule has 0 radical (unpaired) electrons. The second-order valence-electron chi connectivity index (χ2n) is 6.84. The van der Waals surface area contributed by atoms with Crippen LogP contribution in [0.5, 0.6) is 0 Å². The van der Waals surface area contributed by atoms with Gasteiger partial charge in [-0.3, -0.25) is 4.98 Å². The van der Waals surface area contributed by atoms with Gasteiger partial charge in [0.2, 0.25) is 0 Å². The van der Waals surface area contributed by atoms with Crippen molar-refractivity contribution >= 4 is 0 Å². The monoisotopic (exact) mass is 276 g/mol. The molecule has 0 saturated heterocycles. The van der Waals surface area contributed by atoms with Gasteiger partial charge in [-0.05, 0) is 56.2 Å². The van der Waals surface area contributed by atoms with Gasteiger partial charge in [0.05, 0.1) is 5.60 Å². The average molecular weight is 276 g/mol. The van der Waals surface area contributed by atoms with Gasteiger partial charge in [0.1, 0.15) is 0 Å². The van der Waals surface area contributed by atoms with E-state index in [-0.39, 0.29) is 5.60 Å². The van der Waals surface area contributed by atoms with Crippen molar-refractivity contribution in [2.45, 2.75) is 57.6 Å². The largest absolute Gasteiger partial charge is 0.377 e. The smallest absolute Gasteiger partial charge is 0.0834 e. The fraction of sp³-hybridized carbons (Fsp3) is 0.706. The maximum absolute atomic E-state index is 6.01. The molecule has 3 heteroatoms. The molecule has 1 heterocycles. The minimum Gasteiger partial charge on any atom is -0.377 e. The molecule has 3 nitrogen and oxygen atoms in total. The van der Waals surface area contributed by atoms with Crippen LogP contribution in [-0.2, 0) is 11.2 Å². The Morgan fingerprint density at radius 2 is 2.00 bits per heavy atom. The molecule has 20 heavy (non-hydrogen) atoms. The summed E-state index contributed by atoms with van der Waals surface area (Å²) in [5.74, 6) is 0. The summed E-state index contributed by atoms with van der Waals surface area (Å²) in [5, 5.41) is 3.49. The van der Waals surface area contributed by atoms with Gasteiger partial charge in [-0.2, -0.15) is 0 Å². The van der Waals surface area contributed by atoms with Crippen LogP contribution in [0.25, 0.3) is 0 Å². The molecule has 1 N–H and O–H groups in total. The second kappa shape index (κ2) is 6.23. The molecule has 1 aliphatic rings. The minimum atomic E-state index is -0.0416. The van der Waals surface area contributed by atoms with E-state index >= 15 is 0 Å². The number of methoxy groups -OCH3 is 1. The van der Waals surface area contributed by atoms with E-state index in [9.17, 15) is 0 Å². The Morgan fingerprint density at radius 1 is 1.30 bits per heavy atom. The van der Waals surface area contributed by atoms with Gasteiger partial charge < -0.3 is 10.1 Å². The third-order valence-corrected chi connectivity index (χ3v) is 5.00. The van der Waals surface area contributed by atoms with E-state index in [1.807, 2.05) is 32.6 Å².